The number of ether oxygens (including phenoxy) is 1. The molecule has 0 amide bonds. The molecule has 0 aliphatic heterocycles. The predicted octanol–water partition coefficient (Wildman–Crippen LogP) is 1.99. The molecule has 1 atom stereocenters. The monoisotopic (exact) mass is 385 g/mol. The molecule has 9 nitrogen and oxygen atoms in total. The highest BCUT2D eigenvalue weighted by molar-refractivity contribution is 5.79. The Bertz CT molecular complexity index is 943. The van der Waals surface area contributed by atoms with Crippen molar-refractivity contribution in [3.05, 3.63) is 24.2 Å². The van der Waals surface area contributed by atoms with Gasteiger partial charge in [-0.25, -0.2) is 9.50 Å². The van der Waals surface area contributed by atoms with Crippen LogP contribution in [0.1, 0.15) is 44.2 Å². The van der Waals surface area contributed by atoms with Crippen molar-refractivity contribution in [1.82, 2.24) is 29.6 Å². The number of hydrogen-bond donors (Lipinski definition) is 2. The minimum atomic E-state index is -0.191. The van der Waals surface area contributed by atoms with Crippen molar-refractivity contribution >= 4 is 11.5 Å². The van der Waals surface area contributed by atoms with Crippen LogP contribution in [0.4, 0.5) is 5.95 Å². The largest absolute Gasteiger partial charge is 0.393 e. The zero-order chi connectivity index (χ0) is 19.7. The number of nitrogens with one attached hydrogen (secondary N) is 1. The summed E-state index contributed by atoms with van der Waals surface area (Å²) in [7, 11) is 3.53. The number of fused-ring (bicyclic) bond motifs is 1. The first-order chi connectivity index (χ1) is 13.5. The van der Waals surface area contributed by atoms with E-state index in [4.69, 9.17) is 9.84 Å². The number of aliphatic hydroxyl groups is 1. The van der Waals surface area contributed by atoms with E-state index >= 15 is 0 Å². The number of aromatic nitrogens is 6. The molecule has 1 aliphatic rings. The lowest BCUT2D eigenvalue weighted by Crippen LogP contribution is -2.23. The second-order valence-electron chi connectivity index (χ2n) is 7.65. The molecule has 28 heavy (non-hydrogen) atoms. The topological polar surface area (TPSA) is 102 Å². The van der Waals surface area contributed by atoms with Gasteiger partial charge in [0.25, 0.3) is 0 Å². The van der Waals surface area contributed by atoms with Gasteiger partial charge in [0, 0.05) is 37.4 Å². The van der Waals surface area contributed by atoms with E-state index in [-0.39, 0.29) is 12.1 Å². The number of aryl methyl sites for hydroxylation is 1. The van der Waals surface area contributed by atoms with Gasteiger partial charge in [0.2, 0.25) is 5.95 Å². The molecule has 1 aliphatic carbocycles. The minimum absolute atomic E-state index is 0.103. The van der Waals surface area contributed by atoms with Crippen LogP contribution in [-0.4, -0.2) is 60.6 Å². The molecule has 0 saturated heterocycles. The third-order valence-corrected chi connectivity index (χ3v) is 5.33. The number of rotatable bonds is 6. The van der Waals surface area contributed by atoms with Crippen molar-refractivity contribution in [2.24, 2.45) is 7.05 Å². The number of anilines is 1. The van der Waals surface area contributed by atoms with E-state index in [1.54, 1.807) is 11.8 Å². The van der Waals surface area contributed by atoms with Crippen LogP contribution in [0.2, 0.25) is 0 Å². The van der Waals surface area contributed by atoms with Crippen LogP contribution in [-0.2, 0) is 11.8 Å². The molecule has 0 bridgehead atoms. The van der Waals surface area contributed by atoms with Gasteiger partial charge < -0.3 is 15.2 Å². The molecule has 1 saturated carbocycles. The Morgan fingerprint density at radius 1 is 1.32 bits per heavy atom. The summed E-state index contributed by atoms with van der Waals surface area (Å²) < 4.78 is 8.86. The molecule has 3 heterocycles. The standard InChI is InChI=1S/C19H27N7O2/c1-12(11-28-3)21-19-20-9-18-15(16-10-25(2)24-22-16)8-17(26(18)23-19)13-4-6-14(27)7-5-13/h8-10,12-14,27H,4-7,11H2,1-3H3,(H,21,23). The highest BCUT2D eigenvalue weighted by Gasteiger charge is 2.26. The molecule has 0 spiro atoms. The number of aliphatic hydroxyl groups excluding tert-OH is 1. The van der Waals surface area contributed by atoms with Gasteiger partial charge in [-0.2, -0.15) is 0 Å². The predicted molar refractivity (Wildman–Crippen MR) is 105 cm³/mol. The Labute approximate surface area is 163 Å². The van der Waals surface area contributed by atoms with Gasteiger partial charge in [-0.05, 0) is 38.7 Å². The first-order valence-corrected chi connectivity index (χ1v) is 9.74. The normalized spacial score (nSPS) is 21.1. The van der Waals surface area contributed by atoms with E-state index in [1.165, 1.54) is 0 Å². The van der Waals surface area contributed by atoms with E-state index in [0.29, 0.717) is 18.5 Å². The summed E-state index contributed by atoms with van der Waals surface area (Å²) in [6, 6.07) is 2.25. The lowest BCUT2D eigenvalue weighted by molar-refractivity contribution is 0.121. The van der Waals surface area contributed by atoms with Crippen LogP contribution in [0.15, 0.2) is 18.5 Å². The first kappa shape index (κ1) is 18.8. The van der Waals surface area contributed by atoms with Gasteiger partial charge in [0.05, 0.1) is 30.6 Å². The van der Waals surface area contributed by atoms with Crippen molar-refractivity contribution in [2.45, 2.75) is 50.7 Å². The van der Waals surface area contributed by atoms with Crippen molar-refractivity contribution < 1.29 is 9.84 Å². The maximum atomic E-state index is 9.89. The van der Waals surface area contributed by atoms with Gasteiger partial charge in [0.15, 0.2) is 0 Å². The van der Waals surface area contributed by atoms with Crippen LogP contribution < -0.4 is 5.32 Å². The van der Waals surface area contributed by atoms with Gasteiger partial charge in [-0.15, -0.1) is 10.2 Å². The molecule has 4 rings (SSSR count). The number of methoxy groups -OCH3 is 1. The fourth-order valence-corrected chi connectivity index (χ4v) is 3.93. The summed E-state index contributed by atoms with van der Waals surface area (Å²) in [5.41, 5.74) is 3.82. The average Bonchev–Trinajstić information content (AvgIpc) is 3.26. The zero-order valence-electron chi connectivity index (χ0n) is 16.5. The molecule has 0 radical (unpaired) electrons. The van der Waals surface area contributed by atoms with Gasteiger partial charge in [-0.3, -0.25) is 4.68 Å². The smallest absolute Gasteiger partial charge is 0.241 e. The minimum Gasteiger partial charge on any atom is -0.393 e. The molecule has 1 fully saturated rings. The summed E-state index contributed by atoms with van der Waals surface area (Å²) in [5.74, 6) is 0.913. The van der Waals surface area contributed by atoms with E-state index < -0.39 is 0 Å². The Hall–Kier alpha value is -2.52. The second-order valence-corrected chi connectivity index (χ2v) is 7.65. The van der Waals surface area contributed by atoms with Crippen molar-refractivity contribution in [3.63, 3.8) is 0 Å². The lowest BCUT2D eigenvalue weighted by atomic mass is 9.85. The summed E-state index contributed by atoms with van der Waals surface area (Å²) >= 11 is 0. The van der Waals surface area contributed by atoms with Crippen LogP contribution in [0.3, 0.4) is 0 Å². The Morgan fingerprint density at radius 2 is 2.11 bits per heavy atom. The van der Waals surface area contributed by atoms with Crippen LogP contribution >= 0.6 is 0 Å². The molecule has 1 unspecified atom stereocenters. The molecular weight excluding hydrogens is 358 g/mol. The molecule has 0 aromatic carbocycles. The van der Waals surface area contributed by atoms with Crippen LogP contribution in [0, 0.1) is 0 Å². The van der Waals surface area contributed by atoms with Gasteiger partial charge in [0.1, 0.15) is 5.69 Å². The third-order valence-electron chi connectivity index (χ3n) is 5.33. The summed E-state index contributed by atoms with van der Waals surface area (Å²) in [6.07, 6.45) is 7.07. The Balaban J connectivity index is 1.76. The SMILES string of the molecule is COCC(C)Nc1ncc2c(-c3cn(C)nn3)cc(C3CCC(O)CC3)n2n1. The van der Waals surface area contributed by atoms with Crippen LogP contribution in [0.5, 0.6) is 0 Å². The molecule has 3 aromatic heterocycles. The van der Waals surface area contributed by atoms with Crippen molar-refractivity contribution in [3.8, 4) is 11.3 Å². The fourth-order valence-electron chi connectivity index (χ4n) is 3.93. The van der Waals surface area contributed by atoms with Crippen LogP contribution in [0.25, 0.3) is 16.8 Å². The molecule has 150 valence electrons. The Morgan fingerprint density at radius 3 is 2.79 bits per heavy atom. The third kappa shape index (κ3) is 3.72. The fraction of sp³-hybridized carbons (Fsp3) is 0.579. The maximum absolute atomic E-state index is 9.89. The Kier molecular flexibility index (Phi) is 5.27. The second kappa shape index (κ2) is 7.84. The van der Waals surface area contributed by atoms with E-state index in [9.17, 15) is 5.11 Å². The molecule has 9 heteroatoms. The van der Waals surface area contributed by atoms with E-state index in [2.05, 4.69) is 26.7 Å². The highest BCUT2D eigenvalue weighted by Crippen LogP contribution is 2.37. The zero-order valence-corrected chi connectivity index (χ0v) is 16.5. The number of hydrogen-bond acceptors (Lipinski definition) is 7. The van der Waals surface area contributed by atoms with Gasteiger partial charge >= 0.3 is 0 Å². The van der Waals surface area contributed by atoms with E-state index in [1.807, 2.05) is 30.9 Å². The molecule has 3 aromatic rings. The highest BCUT2D eigenvalue weighted by atomic mass is 16.5. The summed E-state index contributed by atoms with van der Waals surface area (Å²) in [4.78, 5) is 4.50. The molecule has 2 N–H and O–H groups in total. The summed E-state index contributed by atoms with van der Waals surface area (Å²) in [5, 5.41) is 26.3. The lowest BCUT2D eigenvalue weighted by Gasteiger charge is -2.25. The summed E-state index contributed by atoms with van der Waals surface area (Å²) in [6.45, 7) is 2.60. The van der Waals surface area contributed by atoms with Crippen molar-refractivity contribution in [2.75, 3.05) is 19.0 Å². The maximum Gasteiger partial charge on any atom is 0.241 e. The van der Waals surface area contributed by atoms with Crippen molar-refractivity contribution in [1.29, 1.82) is 0 Å². The first-order valence-electron chi connectivity index (χ1n) is 9.74. The number of nitrogens with zero attached hydrogens (tertiary/aromatic N) is 6. The van der Waals surface area contributed by atoms with Gasteiger partial charge in [-0.1, -0.05) is 5.21 Å². The average molecular weight is 385 g/mol. The van der Waals surface area contributed by atoms with E-state index in [0.717, 1.165) is 48.2 Å². The quantitative estimate of drug-likeness (QED) is 0.669. The molecular formula is C19H27N7O2.